The van der Waals surface area contributed by atoms with Crippen molar-refractivity contribution in [3.05, 3.63) is 69.2 Å². The molecule has 2 aromatic carbocycles. The summed E-state index contributed by atoms with van der Waals surface area (Å²) in [6.07, 6.45) is 1.55. The van der Waals surface area contributed by atoms with Gasteiger partial charge in [0.2, 0.25) is 0 Å². The zero-order valence-electron chi connectivity index (χ0n) is 19.0. The van der Waals surface area contributed by atoms with E-state index >= 15 is 0 Å². The zero-order chi connectivity index (χ0) is 24.1. The molecule has 0 aliphatic carbocycles. The van der Waals surface area contributed by atoms with E-state index in [1.165, 1.54) is 4.90 Å². The lowest BCUT2D eigenvalue weighted by molar-refractivity contribution is -0.139. The highest BCUT2D eigenvalue weighted by Gasteiger charge is 2.45. The Hall–Kier alpha value is -2.54. The molecule has 3 rings (SSSR count). The Morgan fingerprint density at radius 3 is 2.39 bits per heavy atom. The van der Waals surface area contributed by atoms with Crippen molar-refractivity contribution in [2.24, 2.45) is 0 Å². The van der Waals surface area contributed by atoms with E-state index in [-0.39, 0.29) is 11.3 Å². The number of nitrogens with zero attached hydrogens (tertiary/aromatic N) is 2. The van der Waals surface area contributed by atoms with Crippen molar-refractivity contribution in [3.63, 3.8) is 0 Å². The summed E-state index contributed by atoms with van der Waals surface area (Å²) < 4.78 is 5.59. The third-order valence-corrected chi connectivity index (χ3v) is 6.14. The molecular formula is C25H28Cl2N2O4. The standard InChI is InChI=1S/C25H28Cl2N2O4/c1-4-14-33-18-9-6-16(7-10-18)23(30)21-22(17-8-11-19(26)20(27)15-17)29(25(32)24(21)31)13-5-12-28(2)3/h6-11,15,22,30H,4-5,12-14H2,1-3H3/b23-21+. The van der Waals surface area contributed by atoms with Crippen LogP contribution in [0.2, 0.25) is 10.0 Å². The second-order valence-corrected chi connectivity index (χ2v) is 9.01. The van der Waals surface area contributed by atoms with E-state index in [0.29, 0.717) is 46.5 Å². The Bertz CT molecular complexity index is 1050. The van der Waals surface area contributed by atoms with Gasteiger partial charge in [0.05, 0.1) is 28.3 Å². The minimum absolute atomic E-state index is 0.0328. The number of carbonyl (C=O) groups is 2. The molecule has 6 nitrogen and oxygen atoms in total. The Kier molecular flexibility index (Phi) is 8.40. The van der Waals surface area contributed by atoms with Crippen molar-refractivity contribution in [2.75, 3.05) is 33.8 Å². The third-order valence-electron chi connectivity index (χ3n) is 5.40. The lowest BCUT2D eigenvalue weighted by Gasteiger charge is -2.26. The predicted octanol–water partition coefficient (Wildman–Crippen LogP) is 5.16. The first-order valence-electron chi connectivity index (χ1n) is 10.9. The van der Waals surface area contributed by atoms with Gasteiger partial charge in [-0.05, 0) is 75.4 Å². The number of Topliss-reactive ketones (excluding diaryl/α,β-unsaturated/α-hetero) is 1. The molecular weight excluding hydrogens is 463 g/mol. The van der Waals surface area contributed by atoms with Crippen molar-refractivity contribution in [3.8, 4) is 5.75 Å². The van der Waals surface area contributed by atoms with Crippen molar-refractivity contribution in [2.45, 2.75) is 25.8 Å². The summed E-state index contributed by atoms with van der Waals surface area (Å²) in [5.74, 6) is -0.936. The Morgan fingerprint density at radius 1 is 1.09 bits per heavy atom. The van der Waals surface area contributed by atoms with Gasteiger partial charge < -0.3 is 19.6 Å². The fraction of sp³-hybridized carbons (Fsp3) is 0.360. The van der Waals surface area contributed by atoms with Crippen molar-refractivity contribution in [1.29, 1.82) is 0 Å². The molecule has 33 heavy (non-hydrogen) atoms. The molecule has 176 valence electrons. The minimum Gasteiger partial charge on any atom is -0.507 e. The summed E-state index contributed by atoms with van der Waals surface area (Å²) in [6, 6.07) is 11.0. The SMILES string of the molecule is CCCOc1ccc(/C(O)=C2\C(=O)C(=O)N(CCCN(C)C)C2c2ccc(Cl)c(Cl)c2)cc1. The van der Waals surface area contributed by atoms with E-state index < -0.39 is 17.7 Å². The lowest BCUT2D eigenvalue weighted by atomic mass is 9.95. The molecule has 0 radical (unpaired) electrons. The van der Waals surface area contributed by atoms with Crippen LogP contribution in [0.4, 0.5) is 0 Å². The summed E-state index contributed by atoms with van der Waals surface area (Å²) in [6.45, 7) is 3.70. The average molecular weight is 491 g/mol. The van der Waals surface area contributed by atoms with Crippen LogP contribution in [0.1, 0.15) is 36.9 Å². The molecule has 0 bridgehead atoms. The molecule has 1 aliphatic heterocycles. The van der Waals surface area contributed by atoms with Crippen LogP contribution in [0.15, 0.2) is 48.0 Å². The molecule has 1 saturated heterocycles. The highest BCUT2D eigenvalue weighted by molar-refractivity contribution is 6.46. The quantitative estimate of drug-likeness (QED) is 0.298. The highest BCUT2D eigenvalue weighted by atomic mass is 35.5. The van der Waals surface area contributed by atoms with Gasteiger partial charge in [0.15, 0.2) is 0 Å². The topological polar surface area (TPSA) is 70.1 Å². The van der Waals surface area contributed by atoms with Crippen LogP contribution < -0.4 is 4.74 Å². The first-order valence-corrected chi connectivity index (χ1v) is 11.6. The number of hydrogen-bond acceptors (Lipinski definition) is 5. The van der Waals surface area contributed by atoms with E-state index in [0.717, 1.165) is 13.0 Å². The number of hydrogen-bond donors (Lipinski definition) is 1. The minimum atomic E-state index is -0.766. The van der Waals surface area contributed by atoms with Gasteiger partial charge in [0, 0.05) is 12.1 Å². The van der Waals surface area contributed by atoms with Crippen LogP contribution in [0, 0.1) is 0 Å². The monoisotopic (exact) mass is 490 g/mol. The molecule has 1 aliphatic rings. The maximum Gasteiger partial charge on any atom is 0.295 e. The number of aliphatic hydroxyl groups is 1. The molecule has 0 aromatic heterocycles. The second kappa shape index (κ2) is 11.1. The predicted molar refractivity (Wildman–Crippen MR) is 131 cm³/mol. The molecule has 1 N–H and O–H groups in total. The molecule has 1 heterocycles. The van der Waals surface area contributed by atoms with Gasteiger partial charge >= 0.3 is 0 Å². The molecule has 0 saturated carbocycles. The smallest absolute Gasteiger partial charge is 0.295 e. The fourth-order valence-electron chi connectivity index (χ4n) is 3.78. The number of carbonyl (C=O) groups excluding carboxylic acids is 2. The second-order valence-electron chi connectivity index (χ2n) is 8.20. The molecule has 1 fully saturated rings. The molecule has 1 unspecified atom stereocenters. The van der Waals surface area contributed by atoms with Gasteiger partial charge in [-0.25, -0.2) is 0 Å². The van der Waals surface area contributed by atoms with Gasteiger partial charge in [0.25, 0.3) is 11.7 Å². The number of aliphatic hydroxyl groups excluding tert-OH is 1. The van der Waals surface area contributed by atoms with Crippen LogP contribution in [0.3, 0.4) is 0 Å². The number of likely N-dealkylation sites (tertiary alicyclic amines) is 1. The van der Waals surface area contributed by atoms with Crippen molar-refractivity contribution in [1.82, 2.24) is 9.80 Å². The van der Waals surface area contributed by atoms with Crippen LogP contribution in [0.5, 0.6) is 5.75 Å². The maximum absolute atomic E-state index is 13.1. The largest absolute Gasteiger partial charge is 0.507 e. The number of amides is 1. The van der Waals surface area contributed by atoms with E-state index in [2.05, 4.69) is 0 Å². The lowest BCUT2D eigenvalue weighted by Crippen LogP contribution is -2.32. The van der Waals surface area contributed by atoms with Gasteiger partial charge in [0.1, 0.15) is 11.5 Å². The number of halogens is 2. The average Bonchev–Trinajstić information content (AvgIpc) is 3.04. The van der Waals surface area contributed by atoms with Crippen LogP contribution in [-0.2, 0) is 9.59 Å². The summed E-state index contributed by atoms with van der Waals surface area (Å²) in [7, 11) is 3.89. The molecule has 1 atom stereocenters. The maximum atomic E-state index is 13.1. The van der Waals surface area contributed by atoms with E-state index in [1.807, 2.05) is 25.9 Å². The van der Waals surface area contributed by atoms with E-state index in [1.54, 1.807) is 42.5 Å². The summed E-state index contributed by atoms with van der Waals surface area (Å²) in [5.41, 5.74) is 1.07. The third kappa shape index (κ3) is 5.69. The van der Waals surface area contributed by atoms with Gasteiger partial charge in [-0.15, -0.1) is 0 Å². The summed E-state index contributed by atoms with van der Waals surface area (Å²) in [4.78, 5) is 29.5. The fourth-order valence-corrected chi connectivity index (χ4v) is 4.09. The van der Waals surface area contributed by atoms with Crippen LogP contribution >= 0.6 is 23.2 Å². The summed E-state index contributed by atoms with van der Waals surface area (Å²) in [5, 5.41) is 11.8. The Labute approximate surface area is 204 Å². The van der Waals surface area contributed by atoms with Gasteiger partial charge in [-0.1, -0.05) is 36.2 Å². The Balaban J connectivity index is 2.04. The number of benzene rings is 2. The van der Waals surface area contributed by atoms with E-state index in [4.69, 9.17) is 27.9 Å². The Morgan fingerprint density at radius 2 is 1.79 bits per heavy atom. The molecule has 1 amide bonds. The van der Waals surface area contributed by atoms with Gasteiger partial charge in [-0.2, -0.15) is 0 Å². The number of ether oxygens (including phenoxy) is 1. The first-order chi connectivity index (χ1) is 15.7. The number of ketones is 1. The normalized spacial score (nSPS) is 17.8. The van der Waals surface area contributed by atoms with Crippen LogP contribution in [-0.4, -0.2) is 60.4 Å². The molecule has 8 heteroatoms. The van der Waals surface area contributed by atoms with Gasteiger partial charge in [-0.3, -0.25) is 9.59 Å². The number of rotatable bonds is 9. The molecule has 0 spiro atoms. The van der Waals surface area contributed by atoms with E-state index in [9.17, 15) is 14.7 Å². The first kappa shape index (κ1) is 25.1. The summed E-state index contributed by atoms with van der Waals surface area (Å²) >= 11 is 12.3. The highest BCUT2D eigenvalue weighted by Crippen LogP contribution is 2.41. The van der Waals surface area contributed by atoms with Crippen molar-refractivity contribution >= 4 is 40.7 Å². The zero-order valence-corrected chi connectivity index (χ0v) is 20.5. The van der Waals surface area contributed by atoms with Crippen molar-refractivity contribution < 1.29 is 19.4 Å². The molecule has 2 aromatic rings. The van der Waals surface area contributed by atoms with Crippen LogP contribution in [0.25, 0.3) is 5.76 Å².